The Morgan fingerprint density at radius 1 is 0.472 bits per heavy atom. The van der Waals surface area contributed by atoms with Crippen molar-refractivity contribution in [2.45, 2.75) is 35.8 Å². The van der Waals surface area contributed by atoms with Crippen LogP contribution in [0.5, 0.6) is 5.75 Å². The van der Waals surface area contributed by atoms with Gasteiger partial charge < -0.3 is 5.11 Å². The molecule has 0 bridgehead atoms. The van der Waals surface area contributed by atoms with Gasteiger partial charge in [0.05, 0.1) is 5.56 Å². The third-order valence-corrected chi connectivity index (χ3v) is 4.67. The first-order chi connectivity index (χ1) is 15.9. The van der Waals surface area contributed by atoms with Crippen LogP contribution in [0.4, 0.5) is 74.6 Å². The van der Waals surface area contributed by atoms with Crippen LogP contribution in [0.3, 0.4) is 0 Å². The molecule has 0 fully saturated rings. The fraction of sp³-hybridized carbons (Fsp3) is 0.333. The molecule has 0 atom stereocenters. The molecule has 0 saturated carbocycles. The van der Waals surface area contributed by atoms with Gasteiger partial charge in [-0.25, -0.2) is 17.6 Å². The highest BCUT2D eigenvalue weighted by Crippen LogP contribution is 2.63. The number of phenols is 1. The second-order valence-corrected chi connectivity index (χ2v) is 6.92. The molecule has 202 valence electrons. The topological polar surface area (TPSA) is 20.2 Å². The summed E-state index contributed by atoms with van der Waals surface area (Å²) in [6.07, 6.45) is -7.72. The number of halogens is 17. The molecule has 0 aromatic heterocycles. The second kappa shape index (κ2) is 8.29. The fourth-order valence-corrected chi connectivity index (χ4v) is 2.75. The second-order valence-electron chi connectivity index (χ2n) is 6.92. The molecule has 2 rings (SSSR count). The molecule has 2 aromatic rings. The van der Waals surface area contributed by atoms with Crippen LogP contribution in [0.25, 0.3) is 11.1 Å². The van der Waals surface area contributed by atoms with Gasteiger partial charge in [0.1, 0.15) is 5.75 Å². The summed E-state index contributed by atoms with van der Waals surface area (Å²) in [5.41, 5.74) is -7.59. The summed E-state index contributed by atoms with van der Waals surface area (Å²) in [4.78, 5) is 0. The highest BCUT2D eigenvalue weighted by molar-refractivity contribution is 5.70. The first-order valence-corrected chi connectivity index (χ1v) is 8.51. The van der Waals surface area contributed by atoms with E-state index in [1.54, 1.807) is 0 Å². The molecule has 0 amide bonds. The van der Waals surface area contributed by atoms with Crippen LogP contribution in [-0.4, -0.2) is 35.0 Å². The van der Waals surface area contributed by atoms with E-state index in [2.05, 4.69) is 0 Å². The Kier molecular flexibility index (Phi) is 6.74. The summed E-state index contributed by atoms with van der Waals surface area (Å²) >= 11 is 0. The maximum Gasteiger partial charge on any atom is 0.460 e. The molecule has 2 aromatic carbocycles. The number of benzene rings is 2. The standard InChI is InChI=1S/C18H5F17O/c19-9-7(5-1-3-6(36)4-2-5)8(10(20)12(22)11(9)21)13(23,24)14(25,26)15(27,28)16(29,30)17(31,32)18(33,34)35/h1-4,36H. The van der Waals surface area contributed by atoms with Crippen LogP contribution in [0.15, 0.2) is 24.3 Å². The first kappa shape index (κ1) is 29.3. The van der Waals surface area contributed by atoms with Crippen molar-refractivity contribution in [1.29, 1.82) is 0 Å². The van der Waals surface area contributed by atoms with Crippen molar-refractivity contribution in [2.24, 2.45) is 0 Å². The van der Waals surface area contributed by atoms with Crippen molar-refractivity contribution >= 4 is 0 Å². The molecule has 0 spiro atoms. The maximum absolute atomic E-state index is 14.6. The summed E-state index contributed by atoms with van der Waals surface area (Å²) < 4.78 is 230. The van der Waals surface area contributed by atoms with Crippen LogP contribution >= 0.6 is 0 Å². The number of hydrogen-bond acceptors (Lipinski definition) is 1. The molecular formula is C18H5F17O. The zero-order chi connectivity index (χ0) is 28.4. The Labute approximate surface area is 186 Å². The van der Waals surface area contributed by atoms with Gasteiger partial charge in [-0.1, -0.05) is 12.1 Å². The maximum atomic E-state index is 14.6. The molecule has 0 unspecified atom stereocenters. The number of alkyl halides is 13. The minimum atomic E-state index is -8.40. The third kappa shape index (κ3) is 3.79. The van der Waals surface area contributed by atoms with E-state index >= 15 is 0 Å². The SMILES string of the molecule is Oc1ccc(-c2c(F)c(F)c(F)c(F)c2C(F)(F)C(F)(F)C(F)(F)C(F)(F)C(F)(F)C(F)(F)F)cc1. The summed E-state index contributed by atoms with van der Waals surface area (Å²) in [5.74, 6) is -54.3. The van der Waals surface area contributed by atoms with Gasteiger partial charge in [-0.2, -0.15) is 57.1 Å². The van der Waals surface area contributed by atoms with E-state index < -0.39 is 81.5 Å². The highest BCUT2D eigenvalue weighted by Gasteiger charge is 2.91. The van der Waals surface area contributed by atoms with E-state index in [0.717, 1.165) is 0 Å². The van der Waals surface area contributed by atoms with Crippen LogP contribution in [0.1, 0.15) is 5.56 Å². The van der Waals surface area contributed by atoms with Gasteiger partial charge >= 0.3 is 35.8 Å². The lowest BCUT2D eigenvalue weighted by molar-refractivity contribution is -0.441. The lowest BCUT2D eigenvalue weighted by atomic mass is 9.86. The lowest BCUT2D eigenvalue weighted by Gasteiger charge is -2.40. The van der Waals surface area contributed by atoms with Crippen molar-refractivity contribution in [1.82, 2.24) is 0 Å². The van der Waals surface area contributed by atoms with Crippen molar-refractivity contribution in [3.63, 3.8) is 0 Å². The average molecular weight is 560 g/mol. The van der Waals surface area contributed by atoms with Gasteiger partial charge in [-0.15, -0.1) is 0 Å². The molecule has 0 aliphatic rings. The number of rotatable bonds is 6. The van der Waals surface area contributed by atoms with Crippen LogP contribution in [0.2, 0.25) is 0 Å². The third-order valence-electron chi connectivity index (χ3n) is 4.67. The van der Waals surface area contributed by atoms with Crippen molar-refractivity contribution in [2.75, 3.05) is 0 Å². The lowest BCUT2D eigenvalue weighted by Crippen LogP contribution is -2.69. The molecule has 0 aliphatic carbocycles. The van der Waals surface area contributed by atoms with Crippen molar-refractivity contribution in [3.8, 4) is 16.9 Å². The first-order valence-electron chi connectivity index (χ1n) is 8.51. The van der Waals surface area contributed by atoms with E-state index in [1.807, 2.05) is 0 Å². The molecule has 36 heavy (non-hydrogen) atoms. The van der Waals surface area contributed by atoms with Gasteiger partial charge in [-0.3, -0.25) is 0 Å². The minimum Gasteiger partial charge on any atom is -0.508 e. The smallest absolute Gasteiger partial charge is 0.460 e. The zero-order valence-electron chi connectivity index (χ0n) is 16.2. The van der Waals surface area contributed by atoms with Crippen LogP contribution in [-0.2, 0) is 5.92 Å². The molecule has 0 aliphatic heterocycles. The van der Waals surface area contributed by atoms with E-state index in [-0.39, 0.29) is 12.1 Å². The van der Waals surface area contributed by atoms with E-state index in [4.69, 9.17) is 5.11 Å². The Bertz CT molecular complexity index is 1150. The summed E-state index contributed by atoms with van der Waals surface area (Å²) in [6.45, 7) is 0. The highest BCUT2D eigenvalue weighted by atomic mass is 19.4. The molecular weight excluding hydrogens is 555 g/mol. The number of hydrogen-bond donors (Lipinski definition) is 1. The largest absolute Gasteiger partial charge is 0.508 e. The van der Waals surface area contributed by atoms with Crippen LogP contribution < -0.4 is 0 Å². The van der Waals surface area contributed by atoms with E-state index in [1.165, 1.54) is 0 Å². The number of phenolic OH excluding ortho intramolecular Hbond substituents is 1. The van der Waals surface area contributed by atoms with E-state index in [9.17, 15) is 74.6 Å². The molecule has 0 heterocycles. The fourth-order valence-electron chi connectivity index (χ4n) is 2.75. The van der Waals surface area contributed by atoms with Crippen molar-refractivity contribution < 1.29 is 79.7 Å². The van der Waals surface area contributed by atoms with Gasteiger partial charge in [-0.05, 0) is 17.7 Å². The minimum absolute atomic E-state index is 0.201. The average Bonchev–Trinajstić information content (AvgIpc) is 2.73. The summed E-state index contributed by atoms with van der Waals surface area (Å²) in [6, 6.07) is 1.18. The van der Waals surface area contributed by atoms with Gasteiger partial charge in [0.15, 0.2) is 23.3 Å². The Morgan fingerprint density at radius 3 is 1.28 bits per heavy atom. The van der Waals surface area contributed by atoms with Gasteiger partial charge in [0, 0.05) is 5.56 Å². The zero-order valence-corrected chi connectivity index (χ0v) is 16.2. The Hall–Kier alpha value is -2.95. The Balaban J connectivity index is 2.96. The predicted octanol–water partition coefficient (Wildman–Crippen LogP) is 7.81. The van der Waals surface area contributed by atoms with E-state index in [0.29, 0.717) is 12.1 Å². The van der Waals surface area contributed by atoms with Gasteiger partial charge in [0.25, 0.3) is 0 Å². The monoisotopic (exact) mass is 560 g/mol. The predicted molar refractivity (Wildman–Crippen MR) is 83.1 cm³/mol. The summed E-state index contributed by atoms with van der Waals surface area (Å²) in [5, 5.41) is 9.11. The quantitative estimate of drug-likeness (QED) is 0.217. The molecule has 0 saturated heterocycles. The molecule has 18 heteroatoms. The Morgan fingerprint density at radius 2 is 0.861 bits per heavy atom. The molecule has 0 radical (unpaired) electrons. The van der Waals surface area contributed by atoms with Crippen LogP contribution in [0, 0.1) is 23.3 Å². The van der Waals surface area contributed by atoms with Gasteiger partial charge in [0.2, 0.25) is 0 Å². The summed E-state index contributed by atoms with van der Waals surface area (Å²) in [7, 11) is 0. The normalized spacial score (nSPS) is 14.4. The number of aromatic hydroxyl groups is 1. The molecule has 1 nitrogen and oxygen atoms in total. The van der Waals surface area contributed by atoms with Crippen molar-refractivity contribution in [3.05, 3.63) is 53.1 Å². The molecule has 1 N–H and O–H groups in total.